The zero-order valence-corrected chi connectivity index (χ0v) is 13.6. The summed E-state index contributed by atoms with van der Waals surface area (Å²) in [6.07, 6.45) is 2.39. The maximum Gasteiger partial charge on any atom is 0.387 e. The number of primary amides is 1. The first-order valence-corrected chi connectivity index (χ1v) is 7.16. The molecule has 0 saturated heterocycles. The van der Waals surface area contributed by atoms with Crippen molar-refractivity contribution < 1.29 is 27.8 Å². The van der Waals surface area contributed by atoms with Gasteiger partial charge in [-0.15, -0.1) is 0 Å². The van der Waals surface area contributed by atoms with E-state index in [4.69, 9.17) is 10.5 Å². The molecule has 1 rings (SSSR count). The van der Waals surface area contributed by atoms with Crippen LogP contribution in [-0.4, -0.2) is 31.6 Å². The Hall–Kier alpha value is -2.64. The van der Waals surface area contributed by atoms with Crippen LogP contribution in [0.4, 0.5) is 8.78 Å². The van der Waals surface area contributed by atoms with Gasteiger partial charge in [-0.05, 0) is 18.1 Å². The van der Waals surface area contributed by atoms with Crippen molar-refractivity contribution in [3.8, 4) is 11.5 Å². The van der Waals surface area contributed by atoms with Gasteiger partial charge in [0.05, 0.1) is 7.11 Å². The van der Waals surface area contributed by atoms with E-state index in [1.54, 1.807) is 19.9 Å². The molecule has 0 aliphatic heterocycles. The SMILES string of the molecule is COc1cccc(/C=C/C(=O)N[C@@H](C(N)=O)C(C)C)c1OC(F)F. The molecule has 2 amide bonds. The molecule has 1 aromatic rings. The van der Waals surface area contributed by atoms with Crippen molar-refractivity contribution in [2.75, 3.05) is 7.11 Å². The molecule has 0 bridgehead atoms. The van der Waals surface area contributed by atoms with E-state index in [0.29, 0.717) is 0 Å². The number of ether oxygens (including phenoxy) is 2. The van der Waals surface area contributed by atoms with Gasteiger partial charge in [0, 0.05) is 11.6 Å². The van der Waals surface area contributed by atoms with Crippen LogP contribution in [0, 0.1) is 5.92 Å². The molecule has 8 heteroatoms. The van der Waals surface area contributed by atoms with Crippen molar-refractivity contribution in [2.24, 2.45) is 11.7 Å². The third-order valence-corrected chi connectivity index (χ3v) is 3.12. The summed E-state index contributed by atoms with van der Waals surface area (Å²) >= 11 is 0. The minimum atomic E-state index is -3.04. The number of carbonyl (C=O) groups is 2. The molecule has 0 aromatic heterocycles. The van der Waals surface area contributed by atoms with Crippen molar-refractivity contribution in [3.05, 3.63) is 29.8 Å². The van der Waals surface area contributed by atoms with Gasteiger partial charge in [0.1, 0.15) is 6.04 Å². The molecule has 0 saturated carbocycles. The minimum absolute atomic E-state index is 0.107. The second-order valence-electron chi connectivity index (χ2n) is 5.22. The van der Waals surface area contributed by atoms with Crippen LogP contribution in [0.15, 0.2) is 24.3 Å². The van der Waals surface area contributed by atoms with E-state index in [2.05, 4.69) is 10.1 Å². The maximum absolute atomic E-state index is 12.5. The Morgan fingerprint density at radius 3 is 2.46 bits per heavy atom. The van der Waals surface area contributed by atoms with Gasteiger partial charge in [0.2, 0.25) is 11.8 Å². The number of halogens is 2. The van der Waals surface area contributed by atoms with Crippen LogP contribution >= 0.6 is 0 Å². The van der Waals surface area contributed by atoms with E-state index in [1.807, 2.05) is 0 Å². The highest BCUT2D eigenvalue weighted by molar-refractivity contribution is 5.95. The lowest BCUT2D eigenvalue weighted by Crippen LogP contribution is -2.47. The Kier molecular flexibility index (Phi) is 7.16. The Morgan fingerprint density at radius 2 is 1.96 bits per heavy atom. The number of para-hydroxylation sites is 1. The number of benzene rings is 1. The Balaban J connectivity index is 2.97. The number of nitrogens with one attached hydrogen (secondary N) is 1. The molecule has 0 fully saturated rings. The summed E-state index contributed by atoms with van der Waals surface area (Å²) in [6, 6.07) is 3.67. The summed E-state index contributed by atoms with van der Waals surface area (Å²) in [7, 11) is 1.31. The average Bonchev–Trinajstić information content (AvgIpc) is 2.50. The Bertz CT molecular complexity index is 618. The molecule has 132 valence electrons. The average molecular weight is 342 g/mol. The monoisotopic (exact) mass is 342 g/mol. The number of alkyl halides is 2. The normalized spacial score (nSPS) is 12.5. The molecular formula is C16H20F2N2O4. The number of rotatable bonds is 8. The van der Waals surface area contributed by atoms with Crippen LogP contribution in [0.3, 0.4) is 0 Å². The smallest absolute Gasteiger partial charge is 0.387 e. The molecule has 0 aliphatic carbocycles. The summed E-state index contributed by atoms with van der Waals surface area (Å²) in [6.45, 7) is 0.425. The zero-order valence-electron chi connectivity index (χ0n) is 13.6. The van der Waals surface area contributed by atoms with Crippen LogP contribution < -0.4 is 20.5 Å². The molecule has 3 N–H and O–H groups in total. The third-order valence-electron chi connectivity index (χ3n) is 3.12. The predicted molar refractivity (Wildman–Crippen MR) is 84.6 cm³/mol. The maximum atomic E-state index is 12.5. The molecular weight excluding hydrogens is 322 g/mol. The molecule has 24 heavy (non-hydrogen) atoms. The fourth-order valence-electron chi connectivity index (χ4n) is 1.97. The van der Waals surface area contributed by atoms with Gasteiger partial charge in [0.15, 0.2) is 11.5 Å². The lowest BCUT2D eigenvalue weighted by Gasteiger charge is -2.17. The van der Waals surface area contributed by atoms with Crippen molar-refractivity contribution in [1.29, 1.82) is 0 Å². The standard InChI is InChI=1S/C16H20F2N2O4/c1-9(2)13(15(19)22)20-12(21)8-7-10-5-4-6-11(23-3)14(10)24-16(17)18/h4-9,13,16H,1-3H3,(H2,19,22)(H,20,21)/b8-7+/t13-/m1/s1. The fourth-order valence-corrected chi connectivity index (χ4v) is 1.97. The van der Waals surface area contributed by atoms with Crippen LogP contribution in [0.1, 0.15) is 19.4 Å². The number of methoxy groups -OCH3 is 1. The highest BCUT2D eigenvalue weighted by Gasteiger charge is 2.20. The van der Waals surface area contributed by atoms with Crippen LogP contribution in [-0.2, 0) is 9.59 Å². The van der Waals surface area contributed by atoms with E-state index in [1.165, 1.54) is 25.3 Å². The molecule has 6 nitrogen and oxygen atoms in total. The highest BCUT2D eigenvalue weighted by atomic mass is 19.3. The first-order valence-electron chi connectivity index (χ1n) is 7.16. The number of hydrogen-bond acceptors (Lipinski definition) is 4. The first kappa shape index (κ1) is 19.4. The lowest BCUT2D eigenvalue weighted by molar-refractivity contribution is -0.126. The third kappa shape index (κ3) is 5.53. The number of amides is 2. The molecule has 1 aromatic carbocycles. The van der Waals surface area contributed by atoms with Gasteiger partial charge in [-0.2, -0.15) is 8.78 Å². The summed E-state index contributed by atoms with van der Waals surface area (Å²) in [5.41, 5.74) is 5.44. The Morgan fingerprint density at radius 1 is 1.29 bits per heavy atom. The zero-order chi connectivity index (χ0) is 18.3. The summed E-state index contributed by atoms with van der Waals surface area (Å²) in [4.78, 5) is 23.2. The van der Waals surface area contributed by atoms with Gasteiger partial charge in [-0.1, -0.05) is 26.0 Å². The van der Waals surface area contributed by atoms with E-state index < -0.39 is 24.5 Å². The molecule has 1 atom stereocenters. The quantitative estimate of drug-likeness (QED) is 0.706. The fraction of sp³-hybridized carbons (Fsp3) is 0.375. The van der Waals surface area contributed by atoms with Gasteiger partial charge < -0.3 is 20.5 Å². The topological polar surface area (TPSA) is 90.6 Å². The Labute approximate surface area is 138 Å². The predicted octanol–water partition coefficient (Wildman–Crippen LogP) is 1.94. The van der Waals surface area contributed by atoms with Gasteiger partial charge in [-0.25, -0.2) is 0 Å². The number of nitrogens with two attached hydrogens (primary N) is 1. The van der Waals surface area contributed by atoms with E-state index in [0.717, 1.165) is 6.08 Å². The molecule has 0 spiro atoms. The second kappa shape index (κ2) is 8.85. The van der Waals surface area contributed by atoms with E-state index in [9.17, 15) is 18.4 Å². The summed E-state index contributed by atoms with van der Waals surface area (Å²) in [5.74, 6) is -1.51. The second-order valence-corrected chi connectivity index (χ2v) is 5.22. The van der Waals surface area contributed by atoms with E-state index in [-0.39, 0.29) is 23.0 Å². The first-order chi connectivity index (χ1) is 11.3. The summed E-state index contributed by atoms with van der Waals surface area (Å²) in [5, 5.41) is 2.45. The van der Waals surface area contributed by atoms with Gasteiger partial charge in [0.25, 0.3) is 0 Å². The van der Waals surface area contributed by atoms with Crippen LogP contribution in [0.5, 0.6) is 11.5 Å². The lowest BCUT2D eigenvalue weighted by atomic mass is 10.0. The van der Waals surface area contributed by atoms with Crippen molar-refractivity contribution in [1.82, 2.24) is 5.32 Å². The van der Waals surface area contributed by atoms with Gasteiger partial charge >= 0.3 is 6.61 Å². The van der Waals surface area contributed by atoms with Crippen molar-refractivity contribution in [3.63, 3.8) is 0 Å². The number of hydrogen-bond donors (Lipinski definition) is 2. The minimum Gasteiger partial charge on any atom is -0.493 e. The largest absolute Gasteiger partial charge is 0.493 e. The highest BCUT2D eigenvalue weighted by Crippen LogP contribution is 2.33. The summed E-state index contributed by atoms with van der Waals surface area (Å²) < 4.78 is 34.5. The van der Waals surface area contributed by atoms with E-state index >= 15 is 0 Å². The number of carbonyl (C=O) groups excluding carboxylic acids is 2. The molecule has 0 radical (unpaired) electrons. The van der Waals surface area contributed by atoms with Crippen molar-refractivity contribution in [2.45, 2.75) is 26.5 Å². The van der Waals surface area contributed by atoms with Crippen molar-refractivity contribution >= 4 is 17.9 Å². The van der Waals surface area contributed by atoms with Crippen LogP contribution in [0.25, 0.3) is 6.08 Å². The molecule has 0 heterocycles. The van der Waals surface area contributed by atoms with Crippen LogP contribution in [0.2, 0.25) is 0 Å². The molecule has 0 unspecified atom stereocenters. The molecule has 0 aliphatic rings. The van der Waals surface area contributed by atoms with Gasteiger partial charge in [-0.3, -0.25) is 9.59 Å².